The summed E-state index contributed by atoms with van der Waals surface area (Å²) in [6, 6.07) is 4.63. The fourth-order valence-corrected chi connectivity index (χ4v) is 1.15. The SMILES string of the molecule is CC(C)(C)C(=O)OCc1cccc([C]=O)c1O. The standard InChI is InChI=1S/C13H15O4/c1-13(2,3)12(16)17-8-10-6-4-5-9(7-14)11(10)15/h4-6,15H,8H2,1-3H3. The first-order valence-electron chi connectivity index (χ1n) is 5.22. The van der Waals surface area contributed by atoms with Crippen LogP contribution in [0.15, 0.2) is 18.2 Å². The lowest BCUT2D eigenvalue weighted by Gasteiger charge is -2.17. The van der Waals surface area contributed by atoms with Crippen LogP contribution in [0.2, 0.25) is 0 Å². The second-order valence-electron chi connectivity index (χ2n) is 4.74. The monoisotopic (exact) mass is 235 g/mol. The number of ether oxygens (including phenoxy) is 1. The van der Waals surface area contributed by atoms with E-state index in [4.69, 9.17) is 4.74 Å². The molecule has 4 nitrogen and oxygen atoms in total. The van der Waals surface area contributed by atoms with E-state index < -0.39 is 5.41 Å². The van der Waals surface area contributed by atoms with Crippen LogP contribution < -0.4 is 0 Å². The molecule has 0 bridgehead atoms. The minimum Gasteiger partial charge on any atom is -0.507 e. The van der Waals surface area contributed by atoms with Gasteiger partial charge in [0.2, 0.25) is 6.29 Å². The van der Waals surface area contributed by atoms with E-state index >= 15 is 0 Å². The average Bonchev–Trinajstić information content (AvgIpc) is 2.26. The topological polar surface area (TPSA) is 63.6 Å². The summed E-state index contributed by atoms with van der Waals surface area (Å²) in [5.74, 6) is -0.554. The van der Waals surface area contributed by atoms with Crippen molar-refractivity contribution >= 4 is 12.3 Å². The third-order valence-corrected chi connectivity index (χ3v) is 2.20. The molecule has 4 heteroatoms. The molecule has 0 saturated heterocycles. The number of esters is 1. The van der Waals surface area contributed by atoms with Gasteiger partial charge >= 0.3 is 5.97 Å². The van der Waals surface area contributed by atoms with Crippen molar-refractivity contribution in [2.24, 2.45) is 5.41 Å². The zero-order valence-corrected chi connectivity index (χ0v) is 10.1. The van der Waals surface area contributed by atoms with Gasteiger partial charge in [-0.1, -0.05) is 12.1 Å². The normalized spacial score (nSPS) is 11.0. The molecule has 1 radical (unpaired) electrons. The number of carbonyl (C=O) groups is 1. The van der Waals surface area contributed by atoms with Gasteiger partial charge in [0.25, 0.3) is 0 Å². The highest BCUT2D eigenvalue weighted by molar-refractivity contribution is 5.80. The number of phenols is 1. The van der Waals surface area contributed by atoms with Gasteiger partial charge in [0.15, 0.2) is 0 Å². The summed E-state index contributed by atoms with van der Waals surface area (Å²) < 4.78 is 5.04. The second kappa shape index (κ2) is 4.99. The highest BCUT2D eigenvalue weighted by Gasteiger charge is 2.23. The number of benzene rings is 1. The highest BCUT2D eigenvalue weighted by atomic mass is 16.5. The third kappa shape index (κ3) is 3.31. The van der Waals surface area contributed by atoms with Crippen molar-refractivity contribution in [3.63, 3.8) is 0 Å². The van der Waals surface area contributed by atoms with Crippen molar-refractivity contribution in [1.82, 2.24) is 0 Å². The molecule has 0 fully saturated rings. The maximum absolute atomic E-state index is 11.5. The zero-order chi connectivity index (χ0) is 13.1. The average molecular weight is 235 g/mol. The molecule has 17 heavy (non-hydrogen) atoms. The summed E-state index contributed by atoms with van der Waals surface area (Å²) in [6.07, 6.45) is 1.61. The molecule has 0 amide bonds. The van der Waals surface area contributed by atoms with Crippen LogP contribution in [0, 0.1) is 5.41 Å². The summed E-state index contributed by atoms with van der Waals surface area (Å²) in [7, 11) is 0. The summed E-state index contributed by atoms with van der Waals surface area (Å²) in [5.41, 5.74) is -0.137. The molecular formula is C13H15O4. The van der Waals surface area contributed by atoms with Crippen molar-refractivity contribution in [3.05, 3.63) is 29.3 Å². The van der Waals surface area contributed by atoms with E-state index in [1.54, 1.807) is 39.2 Å². The van der Waals surface area contributed by atoms with Gasteiger partial charge in [0.1, 0.15) is 12.4 Å². The van der Waals surface area contributed by atoms with Gasteiger partial charge in [-0.25, -0.2) is 0 Å². The van der Waals surface area contributed by atoms with Crippen LogP contribution in [0.4, 0.5) is 0 Å². The third-order valence-electron chi connectivity index (χ3n) is 2.20. The number of phenolic OH excluding ortho intramolecular Hbond substituents is 1. The quantitative estimate of drug-likeness (QED) is 0.813. The van der Waals surface area contributed by atoms with Gasteiger partial charge in [-0.15, -0.1) is 0 Å². The minimum atomic E-state index is -0.593. The van der Waals surface area contributed by atoms with Gasteiger partial charge in [-0.3, -0.25) is 9.59 Å². The van der Waals surface area contributed by atoms with Crippen molar-refractivity contribution < 1.29 is 19.4 Å². The van der Waals surface area contributed by atoms with E-state index in [-0.39, 0.29) is 23.9 Å². The number of carbonyl (C=O) groups excluding carboxylic acids is 2. The number of hydrogen-bond donors (Lipinski definition) is 1. The second-order valence-corrected chi connectivity index (χ2v) is 4.74. The number of hydrogen-bond acceptors (Lipinski definition) is 4. The molecule has 1 rings (SSSR count). The Morgan fingerprint density at radius 2 is 2.06 bits per heavy atom. The molecule has 1 aromatic rings. The molecule has 0 aliphatic rings. The first-order valence-corrected chi connectivity index (χ1v) is 5.22. The largest absolute Gasteiger partial charge is 0.507 e. The van der Waals surface area contributed by atoms with Crippen molar-refractivity contribution in [3.8, 4) is 5.75 Å². The van der Waals surface area contributed by atoms with Crippen LogP contribution in [0.25, 0.3) is 0 Å². The fourth-order valence-electron chi connectivity index (χ4n) is 1.15. The molecule has 0 aromatic heterocycles. The maximum atomic E-state index is 11.5. The molecule has 0 atom stereocenters. The van der Waals surface area contributed by atoms with E-state index in [1.807, 2.05) is 0 Å². The predicted molar refractivity (Wildman–Crippen MR) is 62.2 cm³/mol. The lowest BCUT2D eigenvalue weighted by molar-refractivity contribution is -0.154. The Labute approximate surface area is 100 Å². The minimum absolute atomic E-state index is 0.0581. The molecule has 0 saturated carbocycles. The first-order chi connectivity index (χ1) is 7.86. The lowest BCUT2D eigenvalue weighted by atomic mass is 9.97. The van der Waals surface area contributed by atoms with Gasteiger partial charge < -0.3 is 9.84 Å². The zero-order valence-electron chi connectivity index (χ0n) is 10.1. The van der Waals surface area contributed by atoms with Crippen molar-refractivity contribution in [2.75, 3.05) is 0 Å². The number of para-hydroxylation sites is 1. The van der Waals surface area contributed by atoms with Crippen LogP contribution in [-0.4, -0.2) is 17.4 Å². The number of rotatable bonds is 3. The molecule has 1 aromatic carbocycles. The molecule has 0 spiro atoms. The van der Waals surface area contributed by atoms with E-state index in [2.05, 4.69) is 0 Å². The van der Waals surface area contributed by atoms with Gasteiger partial charge in [-0.05, 0) is 26.8 Å². The smallest absolute Gasteiger partial charge is 0.311 e. The van der Waals surface area contributed by atoms with E-state index in [1.165, 1.54) is 6.07 Å². The first kappa shape index (κ1) is 13.2. The lowest BCUT2D eigenvalue weighted by Crippen LogP contribution is -2.22. The Kier molecular flexibility index (Phi) is 3.89. The van der Waals surface area contributed by atoms with Crippen LogP contribution >= 0.6 is 0 Å². The molecule has 0 unspecified atom stereocenters. The molecule has 0 heterocycles. The maximum Gasteiger partial charge on any atom is 0.311 e. The molecule has 1 N–H and O–H groups in total. The van der Waals surface area contributed by atoms with E-state index in [0.717, 1.165) is 0 Å². The molecule has 0 aliphatic carbocycles. The Morgan fingerprint density at radius 1 is 1.41 bits per heavy atom. The van der Waals surface area contributed by atoms with Gasteiger partial charge in [0.05, 0.1) is 11.0 Å². The summed E-state index contributed by atoms with van der Waals surface area (Å²) in [6.45, 7) is 5.16. The van der Waals surface area contributed by atoms with Crippen LogP contribution in [0.1, 0.15) is 31.9 Å². The fraction of sp³-hybridized carbons (Fsp3) is 0.385. The van der Waals surface area contributed by atoms with E-state index in [9.17, 15) is 14.7 Å². The number of aromatic hydroxyl groups is 1. The van der Waals surface area contributed by atoms with Crippen LogP contribution in [0.3, 0.4) is 0 Å². The summed E-state index contributed by atoms with van der Waals surface area (Å²) >= 11 is 0. The summed E-state index contributed by atoms with van der Waals surface area (Å²) in [4.78, 5) is 22.0. The van der Waals surface area contributed by atoms with Gasteiger partial charge in [0, 0.05) is 5.56 Å². The predicted octanol–water partition coefficient (Wildman–Crippen LogP) is 1.94. The molecular weight excluding hydrogens is 220 g/mol. The van der Waals surface area contributed by atoms with Crippen molar-refractivity contribution in [2.45, 2.75) is 27.4 Å². The highest BCUT2D eigenvalue weighted by Crippen LogP contribution is 2.23. The van der Waals surface area contributed by atoms with Gasteiger partial charge in [-0.2, -0.15) is 0 Å². The van der Waals surface area contributed by atoms with E-state index in [0.29, 0.717) is 5.56 Å². The molecule has 91 valence electrons. The Bertz CT molecular complexity index is 430. The summed E-state index contributed by atoms with van der Waals surface area (Å²) in [5, 5.41) is 9.65. The Balaban J connectivity index is 2.77. The van der Waals surface area contributed by atoms with Crippen LogP contribution in [-0.2, 0) is 20.9 Å². The Morgan fingerprint density at radius 3 is 2.59 bits per heavy atom. The van der Waals surface area contributed by atoms with Crippen molar-refractivity contribution in [1.29, 1.82) is 0 Å². The molecule has 0 aliphatic heterocycles. The Hall–Kier alpha value is -1.84. The van der Waals surface area contributed by atoms with Crippen LogP contribution in [0.5, 0.6) is 5.75 Å².